The van der Waals surface area contributed by atoms with Crippen LogP contribution in [0.25, 0.3) is 0 Å². The molecule has 2 aromatic rings. The molecular weight excluding hydrogens is 342 g/mol. The third-order valence-electron chi connectivity index (χ3n) is 4.25. The molecule has 0 radical (unpaired) electrons. The van der Waals surface area contributed by atoms with E-state index >= 15 is 0 Å². The second kappa shape index (κ2) is 8.51. The third-order valence-corrected chi connectivity index (χ3v) is 4.76. The zero-order valence-electron chi connectivity index (χ0n) is 13.5. The highest BCUT2D eigenvalue weighted by Gasteiger charge is 2.19. The SMILES string of the molecule is S=C(NCc1ccco1)NC1CCN(Cc2ccc(Cl)cc2)CC1. The number of nitrogens with one attached hydrogen (secondary N) is 2. The van der Waals surface area contributed by atoms with E-state index in [1.165, 1.54) is 5.56 Å². The molecule has 1 saturated heterocycles. The van der Waals surface area contributed by atoms with E-state index in [2.05, 4.69) is 27.7 Å². The summed E-state index contributed by atoms with van der Waals surface area (Å²) in [6.45, 7) is 3.74. The van der Waals surface area contributed by atoms with Gasteiger partial charge in [0.25, 0.3) is 0 Å². The minimum Gasteiger partial charge on any atom is -0.467 e. The molecule has 0 spiro atoms. The molecule has 3 rings (SSSR count). The second-order valence-corrected chi connectivity index (χ2v) is 6.93. The Labute approximate surface area is 153 Å². The largest absolute Gasteiger partial charge is 0.467 e. The van der Waals surface area contributed by atoms with E-state index in [1.54, 1.807) is 6.26 Å². The number of benzene rings is 1. The van der Waals surface area contributed by atoms with Crippen molar-refractivity contribution in [3.63, 3.8) is 0 Å². The van der Waals surface area contributed by atoms with Crippen molar-refractivity contribution < 1.29 is 4.42 Å². The second-order valence-electron chi connectivity index (χ2n) is 6.08. The van der Waals surface area contributed by atoms with Crippen molar-refractivity contribution in [2.75, 3.05) is 13.1 Å². The molecule has 1 aromatic heterocycles. The fraction of sp³-hybridized carbons (Fsp3) is 0.389. The molecule has 1 aromatic carbocycles. The summed E-state index contributed by atoms with van der Waals surface area (Å²) < 4.78 is 5.29. The summed E-state index contributed by atoms with van der Waals surface area (Å²) in [4.78, 5) is 2.47. The molecule has 24 heavy (non-hydrogen) atoms. The maximum atomic E-state index is 5.93. The van der Waals surface area contributed by atoms with Gasteiger partial charge in [0.15, 0.2) is 5.11 Å². The summed E-state index contributed by atoms with van der Waals surface area (Å²) in [7, 11) is 0. The smallest absolute Gasteiger partial charge is 0.166 e. The predicted molar refractivity (Wildman–Crippen MR) is 101 cm³/mol. The van der Waals surface area contributed by atoms with E-state index in [9.17, 15) is 0 Å². The molecular formula is C18H22ClN3OS. The highest BCUT2D eigenvalue weighted by Crippen LogP contribution is 2.16. The summed E-state index contributed by atoms with van der Waals surface area (Å²) in [5, 5.41) is 8.08. The van der Waals surface area contributed by atoms with Gasteiger partial charge in [-0.3, -0.25) is 4.90 Å². The van der Waals surface area contributed by atoms with Crippen LogP contribution >= 0.6 is 23.8 Å². The van der Waals surface area contributed by atoms with Gasteiger partial charge in [0.1, 0.15) is 5.76 Å². The first-order valence-corrected chi connectivity index (χ1v) is 9.01. The van der Waals surface area contributed by atoms with Crippen LogP contribution in [0.4, 0.5) is 0 Å². The molecule has 1 aliphatic rings. The summed E-state index contributed by atoms with van der Waals surface area (Å²) in [5.74, 6) is 0.886. The van der Waals surface area contributed by atoms with E-state index in [0.717, 1.165) is 43.3 Å². The van der Waals surface area contributed by atoms with Crippen LogP contribution in [0.5, 0.6) is 0 Å². The van der Waals surface area contributed by atoms with Crippen LogP contribution in [0.15, 0.2) is 47.1 Å². The van der Waals surface area contributed by atoms with Gasteiger partial charge in [-0.05, 0) is 54.9 Å². The number of halogens is 1. The van der Waals surface area contributed by atoms with E-state index in [-0.39, 0.29) is 0 Å². The first kappa shape index (κ1) is 17.3. The van der Waals surface area contributed by atoms with Crippen LogP contribution < -0.4 is 10.6 Å². The van der Waals surface area contributed by atoms with Crippen molar-refractivity contribution in [2.24, 2.45) is 0 Å². The fourth-order valence-electron chi connectivity index (χ4n) is 2.90. The lowest BCUT2D eigenvalue weighted by molar-refractivity contribution is 0.199. The Morgan fingerprint density at radius 3 is 2.62 bits per heavy atom. The van der Waals surface area contributed by atoms with E-state index in [4.69, 9.17) is 28.2 Å². The lowest BCUT2D eigenvalue weighted by atomic mass is 10.0. The molecule has 128 valence electrons. The zero-order chi connectivity index (χ0) is 16.8. The quantitative estimate of drug-likeness (QED) is 0.795. The van der Waals surface area contributed by atoms with Crippen molar-refractivity contribution in [1.82, 2.24) is 15.5 Å². The van der Waals surface area contributed by atoms with Crippen LogP contribution in [0.2, 0.25) is 5.02 Å². The third kappa shape index (κ3) is 5.23. The summed E-state index contributed by atoms with van der Waals surface area (Å²) >= 11 is 11.3. The zero-order valence-corrected chi connectivity index (χ0v) is 15.1. The number of hydrogen-bond donors (Lipinski definition) is 2. The molecule has 2 heterocycles. The van der Waals surface area contributed by atoms with Gasteiger partial charge in [-0.1, -0.05) is 23.7 Å². The Hall–Kier alpha value is -1.56. The molecule has 6 heteroatoms. The Morgan fingerprint density at radius 1 is 1.21 bits per heavy atom. The maximum absolute atomic E-state index is 5.93. The Kier molecular flexibility index (Phi) is 6.12. The van der Waals surface area contributed by atoms with Gasteiger partial charge in [-0.25, -0.2) is 0 Å². The number of hydrogen-bond acceptors (Lipinski definition) is 3. The molecule has 0 aliphatic carbocycles. The van der Waals surface area contributed by atoms with Crippen LogP contribution in [-0.4, -0.2) is 29.1 Å². The number of likely N-dealkylation sites (tertiary alicyclic amines) is 1. The van der Waals surface area contributed by atoms with E-state index < -0.39 is 0 Å². The topological polar surface area (TPSA) is 40.4 Å². The fourth-order valence-corrected chi connectivity index (χ4v) is 3.27. The van der Waals surface area contributed by atoms with Gasteiger partial charge in [0.2, 0.25) is 0 Å². The van der Waals surface area contributed by atoms with Crippen LogP contribution in [0, 0.1) is 0 Å². The monoisotopic (exact) mass is 363 g/mol. The number of thiocarbonyl (C=S) groups is 1. The molecule has 0 saturated carbocycles. The van der Waals surface area contributed by atoms with Crippen molar-refractivity contribution >= 4 is 28.9 Å². The van der Waals surface area contributed by atoms with E-state index in [1.807, 2.05) is 24.3 Å². The molecule has 0 unspecified atom stereocenters. The minimum absolute atomic E-state index is 0.433. The van der Waals surface area contributed by atoms with Crippen molar-refractivity contribution in [1.29, 1.82) is 0 Å². The number of rotatable bonds is 5. The van der Waals surface area contributed by atoms with Crippen molar-refractivity contribution in [2.45, 2.75) is 32.0 Å². The number of nitrogens with zero attached hydrogens (tertiary/aromatic N) is 1. The maximum Gasteiger partial charge on any atom is 0.166 e. The van der Waals surface area contributed by atoms with Crippen molar-refractivity contribution in [3.05, 3.63) is 59.0 Å². The Morgan fingerprint density at radius 2 is 1.96 bits per heavy atom. The van der Waals surface area contributed by atoms with Crippen LogP contribution in [0.3, 0.4) is 0 Å². The molecule has 0 amide bonds. The molecule has 0 atom stereocenters. The summed E-state index contributed by atoms with van der Waals surface area (Å²) in [5.41, 5.74) is 1.31. The lowest BCUT2D eigenvalue weighted by Crippen LogP contribution is -2.47. The lowest BCUT2D eigenvalue weighted by Gasteiger charge is -2.33. The molecule has 1 aliphatic heterocycles. The highest BCUT2D eigenvalue weighted by atomic mass is 35.5. The van der Waals surface area contributed by atoms with Crippen LogP contribution in [-0.2, 0) is 13.1 Å². The standard InChI is InChI=1S/C18H22ClN3OS/c19-15-5-3-14(4-6-15)13-22-9-7-16(8-10-22)21-18(24)20-12-17-2-1-11-23-17/h1-6,11,16H,7-10,12-13H2,(H2,20,21,24). The summed E-state index contributed by atoms with van der Waals surface area (Å²) in [6.07, 6.45) is 3.86. The molecule has 0 bridgehead atoms. The molecule has 2 N–H and O–H groups in total. The average Bonchev–Trinajstić information content (AvgIpc) is 3.10. The van der Waals surface area contributed by atoms with Gasteiger partial charge in [0, 0.05) is 30.7 Å². The predicted octanol–water partition coefficient (Wildman–Crippen LogP) is 3.56. The Balaban J connectivity index is 1.37. The summed E-state index contributed by atoms with van der Waals surface area (Å²) in [6, 6.07) is 12.3. The number of piperidine rings is 1. The van der Waals surface area contributed by atoms with Crippen molar-refractivity contribution in [3.8, 4) is 0 Å². The average molecular weight is 364 g/mol. The highest BCUT2D eigenvalue weighted by molar-refractivity contribution is 7.80. The van der Waals surface area contributed by atoms with Crippen LogP contribution in [0.1, 0.15) is 24.2 Å². The van der Waals surface area contributed by atoms with Gasteiger partial charge in [-0.2, -0.15) is 0 Å². The van der Waals surface area contributed by atoms with Gasteiger partial charge >= 0.3 is 0 Å². The number of furan rings is 1. The van der Waals surface area contributed by atoms with Gasteiger partial charge in [0.05, 0.1) is 12.8 Å². The van der Waals surface area contributed by atoms with Gasteiger partial charge in [-0.15, -0.1) is 0 Å². The van der Waals surface area contributed by atoms with Gasteiger partial charge < -0.3 is 15.1 Å². The first-order valence-electron chi connectivity index (χ1n) is 8.22. The van der Waals surface area contributed by atoms with E-state index in [0.29, 0.717) is 17.7 Å². The molecule has 1 fully saturated rings. The minimum atomic E-state index is 0.433. The first-order chi connectivity index (χ1) is 11.7. The Bertz CT molecular complexity index is 637. The molecule has 4 nitrogen and oxygen atoms in total. The normalized spacial score (nSPS) is 16.0.